The predicted molar refractivity (Wildman–Crippen MR) is 69.2 cm³/mol. The molecule has 2 atom stereocenters. The lowest BCUT2D eigenvalue weighted by Crippen LogP contribution is -2.58. The lowest BCUT2D eigenvalue weighted by atomic mass is 9.99. The Kier molecular flexibility index (Phi) is 3.91. The predicted octanol–water partition coefficient (Wildman–Crippen LogP) is 0.935. The highest BCUT2D eigenvalue weighted by Crippen LogP contribution is 2.14. The van der Waals surface area contributed by atoms with E-state index in [4.69, 9.17) is 0 Å². The van der Waals surface area contributed by atoms with Gasteiger partial charge in [-0.1, -0.05) is 13.8 Å². The van der Waals surface area contributed by atoms with E-state index >= 15 is 0 Å². The van der Waals surface area contributed by atoms with Crippen molar-refractivity contribution >= 4 is 5.91 Å². The highest BCUT2D eigenvalue weighted by Gasteiger charge is 2.30. The van der Waals surface area contributed by atoms with Gasteiger partial charge in [0.2, 0.25) is 0 Å². The molecule has 1 aromatic heterocycles. The van der Waals surface area contributed by atoms with Gasteiger partial charge in [-0.05, 0) is 12.8 Å². The second-order valence-corrected chi connectivity index (χ2v) is 5.16. The van der Waals surface area contributed by atoms with E-state index < -0.39 is 0 Å². The zero-order valence-corrected chi connectivity index (χ0v) is 11.1. The third-order valence-corrected chi connectivity index (χ3v) is 3.45. The zero-order chi connectivity index (χ0) is 13.1. The molecule has 98 valence electrons. The summed E-state index contributed by atoms with van der Waals surface area (Å²) in [5.41, 5.74) is 0.425. The van der Waals surface area contributed by atoms with Crippen molar-refractivity contribution < 1.29 is 4.79 Å². The summed E-state index contributed by atoms with van der Waals surface area (Å²) in [7, 11) is 0. The SMILES string of the molecule is CC(C)C1CN(C(=O)c2cnccn2)C(C)CN1. The summed E-state index contributed by atoms with van der Waals surface area (Å²) in [6.45, 7) is 7.94. The summed E-state index contributed by atoms with van der Waals surface area (Å²) in [6.07, 6.45) is 4.66. The molecule has 1 aliphatic rings. The van der Waals surface area contributed by atoms with E-state index in [0.717, 1.165) is 13.1 Å². The molecular weight excluding hydrogens is 228 g/mol. The molecule has 0 aromatic carbocycles. The van der Waals surface area contributed by atoms with Crippen LogP contribution in [0.25, 0.3) is 0 Å². The highest BCUT2D eigenvalue weighted by molar-refractivity contribution is 5.92. The van der Waals surface area contributed by atoms with Gasteiger partial charge in [-0.25, -0.2) is 4.98 Å². The summed E-state index contributed by atoms with van der Waals surface area (Å²) in [4.78, 5) is 22.3. The van der Waals surface area contributed by atoms with Gasteiger partial charge in [0.05, 0.1) is 6.20 Å². The number of aromatic nitrogens is 2. The summed E-state index contributed by atoms with van der Waals surface area (Å²) in [5, 5.41) is 3.47. The molecule has 18 heavy (non-hydrogen) atoms. The van der Waals surface area contributed by atoms with Crippen LogP contribution in [0.4, 0.5) is 0 Å². The van der Waals surface area contributed by atoms with Crippen molar-refractivity contribution in [3.05, 3.63) is 24.3 Å². The summed E-state index contributed by atoms with van der Waals surface area (Å²) in [6, 6.07) is 0.538. The standard InChI is InChI=1S/C13H20N4O/c1-9(2)12-8-17(10(3)6-16-12)13(18)11-7-14-4-5-15-11/h4-5,7,9-10,12,16H,6,8H2,1-3H3. The van der Waals surface area contributed by atoms with Crippen LogP contribution in [0.3, 0.4) is 0 Å². The van der Waals surface area contributed by atoms with Crippen molar-refractivity contribution in [2.24, 2.45) is 5.92 Å². The van der Waals surface area contributed by atoms with Crippen LogP contribution >= 0.6 is 0 Å². The van der Waals surface area contributed by atoms with E-state index in [1.807, 2.05) is 4.90 Å². The number of rotatable bonds is 2. The molecule has 1 aliphatic heterocycles. The Balaban J connectivity index is 2.13. The van der Waals surface area contributed by atoms with Crippen LogP contribution in [0.1, 0.15) is 31.3 Å². The molecule has 1 saturated heterocycles. The van der Waals surface area contributed by atoms with Gasteiger partial charge in [-0.3, -0.25) is 9.78 Å². The van der Waals surface area contributed by atoms with Crippen LogP contribution in [0, 0.1) is 5.92 Å². The van der Waals surface area contributed by atoms with Crippen molar-refractivity contribution in [3.63, 3.8) is 0 Å². The molecule has 1 aromatic rings. The molecule has 1 fully saturated rings. The normalized spacial score (nSPS) is 24.3. The molecule has 0 spiro atoms. The molecular formula is C13H20N4O. The summed E-state index contributed by atoms with van der Waals surface area (Å²) in [5.74, 6) is 0.484. The molecule has 0 bridgehead atoms. The first-order valence-corrected chi connectivity index (χ1v) is 6.40. The van der Waals surface area contributed by atoms with Crippen molar-refractivity contribution in [1.29, 1.82) is 0 Å². The Morgan fingerprint density at radius 3 is 2.89 bits per heavy atom. The lowest BCUT2D eigenvalue weighted by molar-refractivity contribution is 0.0573. The van der Waals surface area contributed by atoms with Gasteiger partial charge in [0.1, 0.15) is 5.69 Å². The Hall–Kier alpha value is -1.49. The van der Waals surface area contributed by atoms with Crippen molar-refractivity contribution in [2.45, 2.75) is 32.9 Å². The Bertz CT molecular complexity index is 407. The lowest BCUT2D eigenvalue weighted by Gasteiger charge is -2.40. The fourth-order valence-electron chi connectivity index (χ4n) is 2.17. The van der Waals surface area contributed by atoms with Crippen LogP contribution < -0.4 is 5.32 Å². The maximum Gasteiger partial charge on any atom is 0.274 e. The molecule has 0 aliphatic carbocycles. The van der Waals surface area contributed by atoms with Crippen LogP contribution in [-0.2, 0) is 0 Å². The third-order valence-electron chi connectivity index (χ3n) is 3.45. The smallest absolute Gasteiger partial charge is 0.274 e. The maximum atomic E-state index is 12.4. The third kappa shape index (κ3) is 2.67. The van der Waals surface area contributed by atoms with E-state index in [-0.39, 0.29) is 11.9 Å². The molecule has 0 saturated carbocycles. The first-order valence-electron chi connectivity index (χ1n) is 6.40. The minimum Gasteiger partial charge on any atom is -0.332 e. The van der Waals surface area contributed by atoms with Crippen molar-refractivity contribution in [2.75, 3.05) is 13.1 Å². The molecule has 5 heteroatoms. The number of carbonyl (C=O) groups excluding carboxylic acids is 1. The van der Waals surface area contributed by atoms with Gasteiger partial charge in [0.15, 0.2) is 0 Å². The first kappa shape index (κ1) is 13.0. The van der Waals surface area contributed by atoms with Crippen LogP contribution in [0.15, 0.2) is 18.6 Å². The van der Waals surface area contributed by atoms with Gasteiger partial charge < -0.3 is 10.2 Å². The molecule has 2 heterocycles. The van der Waals surface area contributed by atoms with E-state index in [1.54, 1.807) is 12.4 Å². The van der Waals surface area contributed by atoms with E-state index in [9.17, 15) is 4.79 Å². The number of nitrogens with zero attached hydrogens (tertiary/aromatic N) is 3. The van der Waals surface area contributed by atoms with Crippen molar-refractivity contribution in [1.82, 2.24) is 20.2 Å². The van der Waals surface area contributed by atoms with Crippen molar-refractivity contribution in [3.8, 4) is 0 Å². The number of amides is 1. The highest BCUT2D eigenvalue weighted by atomic mass is 16.2. The quantitative estimate of drug-likeness (QED) is 0.846. The fraction of sp³-hybridized carbons (Fsp3) is 0.615. The minimum absolute atomic E-state index is 0.0252. The van der Waals surface area contributed by atoms with E-state index in [0.29, 0.717) is 17.7 Å². The number of piperazine rings is 1. The van der Waals surface area contributed by atoms with Gasteiger partial charge in [0, 0.05) is 37.6 Å². The Labute approximate surface area is 108 Å². The number of hydrogen-bond donors (Lipinski definition) is 1. The monoisotopic (exact) mass is 248 g/mol. The number of hydrogen-bond acceptors (Lipinski definition) is 4. The Morgan fingerprint density at radius 1 is 1.50 bits per heavy atom. The average molecular weight is 248 g/mol. The summed E-state index contributed by atoms with van der Waals surface area (Å²) >= 11 is 0. The van der Waals surface area contributed by atoms with Gasteiger partial charge >= 0.3 is 0 Å². The first-order chi connectivity index (χ1) is 8.59. The second kappa shape index (κ2) is 5.44. The van der Waals surface area contributed by atoms with Gasteiger partial charge in [-0.2, -0.15) is 0 Å². The van der Waals surface area contributed by atoms with E-state index in [1.165, 1.54) is 6.20 Å². The number of carbonyl (C=O) groups is 1. The summed E-state index contributed by atoms with van der Waals surface area (Å²) < 4.78 is 0. The Morgan fingerprint density at radius 2 is 2.28 bits per heavy atom. The van der Waals surface area contributed by atoms with Crippen LogP contribution in [-0.4, -0.2) is 45.9 Å². The topological polar surface area (TPSA) is 58.1 Å². The number of nitrogens with one attached hydrogen (secondary N) is 1. The van der Waals surface area contributed by atoms with E-state index in [2.05, 4.69) is 36.1 Å². The zero-order valence-electron chi connectivity index (χ0n) is 11.1. The molecule has 2 unspecified atom stereocenters. The van der Waals surface area contributed by atoms with Crippen LogP contribution in [0.2, 0.25) is 0 Å². The maximum absolute atomic E-state index is 12.4. The molecule has 0 radical (unpaired) electrons. The molecule has 2 rings (SSSR count). The van der Waals surface area contributed by atoms with Gasteiger partial charge in [-0.15, -0.1) is 0 Å². The average Bonchev–Trinajstić information content (AvgIpc) is 2.39. The minimum atomic E-state index is -0.0252. The molecule has 5 nitrogen and oxygen atoms in total. The molecule has 1 amide bonds. The largest absolute Gasteiger partial charge is 0.332 e. The molecule has 1 N–H and O–H groups in total. The second-order valence-electron chi connectivity index (χ2n) is 5.16. The van der Waals surface area contributed by atoms with Gasteiger partial charge in [0.25, 0.3) is 5.91 Å². The van der Waals surface area contributed by atoms with Crippen LogP contribution in [0.5, 0.6) is 0 Å². The fourth-order valence-corrected chi connectivity index (χ4v) is 2.17.